The van der Waals surface area contributed by atoms with E-state index in [9.17, 15) is 9.59 Å². The Morgan fingerprint density at radius 1 is 0.906 bits per heavy atom. The fourth-order valence-corrected chi connectivity index (χ4v) is 3.92. The van der Waals surface area contributed by atoms with E-state index < -0.39 is 11.8 Å². The summed E-state index contributed by atoms with van der Waals surface area (Å²) < 4.78 is 5.19. The maximum atomic E-state index is 12.1. The summed E-state index contributed by atoms with van der Waals surface area (Å²) >= 11 is 0. The van der Waals surface area contributed by atoms with E-state index in [0.29, 0.717) is 24.4 Å². The van der Waals surface area contributed by atoms with Crippen LogP contribution >= 0.6 is 0 Å². The third kappa shape index (κ3) is 5.09. The number of carbonyl (C=O) groups excluding carboxylic acids is 2. The van der Waals surface area contributed by atoms with Crippen LogP contribution in [0.15, 0.2) is 72.8 Å². The number of benzene rings is 3. The standard InChI is InChI=1S/C26H27N3O3/c1-32-24-9-5-4-8-23(24)28-26(31)25(30)27-16-14-19-10-12-22(13-11-19)29-17-15-20-6-2-3-7-21(20)18-29/h2-13H,14-18H2,1H3,(H,27,30)(H,28,31). The van der Waals surface area contributed by atoms with Crippen molar-refractivity contribution in [3.63, 3.8) is 0 Å². The SMILES string of the molecule is COc1ccccc1NC(=O)C(=O)NCCc1ccc(N2CCc3ccccc3C2)cc1. The largest absolute Gasteiger partial charge is 0.495 e. The number of ether oxygens (including phenoxy) is 1. The van der Waals surface area contributed by atoms with Crippen molar-refractivity contribution < 1.29 is 14.3 Å². The van der Waals surface area contributed by atoms with Gasteiger partial charge in [-0.3, -0.25) is 9.59 Å². The number of anilines is 2. The Morgan fingerprint density at radius 3 is 2.41 bits per heavy atom. The second-order valence-corrected chi connectivity index (χ2v) is 7.77. The minimum atomic E-state index is -0.713. The molecule has 0 aromatic heterocycles. The van der Waals surface area contributed by atoms with Gasteiger partial charge in [-0.2, -0.15) is 0 Å². The molecular formula is C26H27N3O3. The number of methoxy groups -OCH3 is 1. The highest BCUT2D eigenvalue weighted by molar-refractivity contribution is 6.39. The molecule has 2 amide bonds. The van der Waals surface area contributed by atoms with Gasteiger partial charge in [0.25, 0.3) is 0 Å². The van der Waals surface area contributed by atoms with Crippen molar-refractivity contribution in [1.29, 1.82) is 0 Å². The van der Waals surface area contributed by atoms with Crippen LogP contribution < -0.4 is 20.3 Å². The summed E-state index contributed by atoms with van der Waals surface area (Å²) in [5.74, 6) is -0.874. The average molecular weight is 430 g/mol. The molecule has 6 heteroatoms. The Morgan fingerprint density at radius 2 is 1.62 bits per heavy atom. The second-order valence-electron chi connectivity index (χ2n) is 7.77. The monoisotopic (exact) mass is 429 g/mol. The molecule has 32 heavy (non-hydrogen) atoms. The molecule has 3 aromatic rings. The number of fused-ring (bicyclic) bond motifs is 1. The van der Waals surface area contributed by atoms with E-state index >= 15 is 0 Å². The highest BCUT2D eigenvalue weighted by atomic mass is 16.5. The average Bonchev–Trinajstić information content (AvgIpc) is 2.84. The first-order valence-electron chi connectivity index (χ1n) is 10.8. The van der Waals surface area contributed by atoms with Gasteiger partial charge in [-0.15, -0.1) is 0 Å². The molecule has 3 aromatic carbocycles. The minimum Gasteiger partial charge on any atom is -0.495 e. The van der Waals surface area contributed by atoms with Crippen molar-refractivity contribution in [3.05, 3.63) is 89.5 Å². The van der Waals surface area contributed by atoms with Gasteiger partial charge in [-0.25, -0.2) is 0 Å². The lowest BCUT2D eigenvalue weighted by Crippen LogP contribution is -2.36. The van der Waals surface area contributed by atoms with Crippen LogP contribution in [0.25, 0.3) is 0 Å². The zero-order valence-electron chi connectivity index (χ0n) is 18.1. The summed E-state index contributed by atoms with van der Waals surface area (Å²) in [5.41, 5.74) is 5.59. The molecule has 0 aliphatic carbocycles. The van der Waals surface area contributed by atoms with Crippen LogP contribution in [0.2, 0.25) is 0 Å². The van der Waals surface area contributed by atoms with Gasteiger partial charge in [0.1, 0.15) is 5.75 Å². The van der Waals surface area contributed by atoms with Crippen molar-refractivity contribution in [3.8, 4) is 5.75 Å². The topological polar surface area (TPSA) is 70.7 Å². The number of carbonyl (C=O) groups is 2. The van der Waals surface area contributed by atoms with Crippen molar-refractivity contribution in [2.75, 3.05) is 30.4 Å². The molecule has 1 heterocycles. The number of para-hydroxylation sites is 2. The van der Waals surface area contributed by atoms with E-state index in [1.807, 2.05) is 0 Å². The van der Waals surface area contributed by atoms with Gasteiger partial charge in [-0.05, 0) is 53.8 Å². The molecule has 0 saturated heterocycles. The number of nitrogens with one attached hydrogen (secondary N) is 2. The van der Waals surface area contributed by atoms with E-state index in [1.54, 1.807) is 24.3 Å². The Bertz CT molecular complexity index is 1100. The minimum absolute atomic E-state index is 0.384. The number of hydrogen-bond acceptors (Lipinski definition) is 4. The number of hydrogen-bond donors (Lipinski definition) is 2. The lowest BCUT2D eigenvalue weighted by atomic mass is 9.99. The normalized spacial score (nSPS) is 12.6. The predicted molar refractivity (Wildman–Crippen MR) is 126 cm³/mol. The molecule has 0 unspecified atom stereocenters. The van der Waals surface area contributed by atoms with Crippen LogP contribution in [0.4, 0.5) is 11.4 Å². The number of amides is 2. The Kier molecular flexibility index (Phi) is 6.70. The maximum Gasteiger partial charge on any atom is 0.313 e. The van der Waals surface area contributed by atoms with E-state index in [1.165, 1.54) is 23.9 Å². The van der Waals surface area contributed by atoms with Crippen LogP contribution in [-0.4, -0.2) is 32.0 Å². The van der Waals surface area contributed by atoms with E-state index in [0.717, 1.165) is 25.1 Å². The molecule has 2 N–H and O–H groups in total. The summed E-state index contributed by atoms with van der Waals surface area (Å²) in [6, 6.07) is 24.0. The summed E-state index contributed by atoms with van der Waals surface area (Å²) in [7, 11) is 1.51. The Labute approximate surface area is 188 Å². The van der Waals surface area contributed by atoms with E-state index in [-0.39, 0.29) is 0 Å². The van der Waals surface area contributed by atoms with Gasteiger partial charge in [0.15, 0.2) is 0 Å². The molecule has 0 spiro atoms. The van der Waals surface area contributed by atoms with Crippen LogP contribution in [-0.2, 0) is 29.0 Å². The molecule has 6 nitrogen and oxygen atoms in total. The maximum absolute atomic E-state index is 12.1. The molecule has 1 aliphatic heterocycles. The van der Waals surface area contributed by atoms with Gasteiger partial charge in [-0.1, -0.05) is 48.5 Å². The van der Waals surface area contributed by atoms with Gasteiger partial charge in [0.2, 0.25) is 0 Å². The van der Waals surface area contributed by atoms with Crippen LogP contribution in [0.5, 0.6) is 5.75 Å². The summed E-state index contributed by atoms with van der Waals surface area (Å²) in [4.78, 5) is 26.7. The summed E-state index contributed by atoms with van der Waals surface area (Å²) in [6.07, 6.45) is 1.71. The highest BCUT2D eigenvalue weighted by Gasteiger charge is 2.17. The molecule has 0 bridgehead atoms. The molecule has 0 radical (unpaired) electrons. The van der Waals surface area contributed by atoms with E-state index in [4.69, 9.17) is 4.74 Å². The van der Waals surface area contributed by atoms with Crippen molar-refractivity contribution in [1.82, 2.24) is 5.32 Å². The van der Waals surface area contributed by atoms with Crippen molar-refractivity contribution in [2.45, 2.75) is 19.4 Å². The van der Waals surface area contributed by atoms with Crippen LogP contribution in [0.1, 0.15) is 16.7 Å². The first-order valence-corrected chi connectivity index (χ1v) is 10.8. The third-order valence-corrected chi connectivity index (χ3v) is 5.69. The fourth-order valence-electron chi connectivity index (χ4n) is 3.92. The summed E-state index contributed by atoms with van der Waals surface area (Å²) in [6.45, 7) is 2.31. The van der Waals surface area contributed by atoms with Crippen LogP contribution in [0, 0.1) is 0 Å². The molecule has 164 valence electrons. The van der Waals surface area contributed by atoms with Gasteiger partial charge in [0.05, 0.1) is 12.8 Å². The second kappa shape index (κ2) is 10.0. The molecule has 4 rings (SSSR count). The lowest BCUT2D eigenvalue weighted by Gasteiger charge is -2.30. The Hall–Kier alpha value is -3.80. The van der Waals surface area contributed by atoms with Gasteiger partial charge >= 0.3 is 11.8 Å². The molecule has 0 atom stereocenters. The molecule has 0 saturated carbocycles. The van der Waals surface area contributed by atoms with E-state index in [2.05, 4.69) is 64.1 Å². The molecular weight excluding hydrogens is 402 g/mol. The van der Waals surface area contributed by atoms with Gasteiger partial charge in [0, 0.05) is 25.3 Å². The van der Waals surface area contributed by atoms with Gasteiger partial charge < -0.3 is 20.3 Å². The Balaban J connectivity index is 1.26. The van der Waals surface area contributed by atoms with Crippen molar-refractivity contribution >= 4 is 23.2 Å². The summed E-state index contributed by atoms with van der Waals surface area (Å²) in [5, 5.41) is 5.25. The first-order chi connectivity index (χ1) is 15.6. The quantitative estimate of drug-likeness (QED) is 0.588. The zero-order valence-corrected chi connectivity index (χ0v) is 18.1. The highest BCUT2D eigenvalue weighted by Crippen LogP contribution is 2.25. The first kappa shape index (κ1) is 21.4. The third-order valence-electron chi connectivity index (χ3n) is 5.69. The fraction of sp³-hybridized carbons (Fsp3) is 0.231. The molecule has 1 aliphatic rings. The number of nitrogens with zero attached hydrogens (tertiary/aromatic N) is 1. The predicted octanol–water partition coefficient (Wildman–Crippen LogP) is 3.56. The molecule has 0 fully saturated rings. The van der Waals surface area contributed by atoms with Crippen LogP contribution in [0.3, 0.4) is 0 Å². The lowest BCUT2D eigenvalue weighted by molar-refractivity contribution is -0.136. The smallest absolute Gasteiger partial charge is 0.313 e. The zero-order chi connectivity index (χ0) is 22.3. The number of rotatable bonds is 6. The van der Waals surface area contributed by atoms with Crippen molar-refractivity contribution in [2.24, 2.45) is 0 Å².